The highest BCUT2D eigenvalue weighted by molar-refractivity contribution is 5.72. The number of nitrogen functional groups attached to an aromatic ring is 1. The first-order valence-electron chi connectivity index (χ1n) is 11.0. The average Bonchev–Trinajstić information content (AvgIpc) is 2.77. The Hall–Kier alpha value is -3.69. The second-order valence-electron chi connectivity index (χ2n) is 9.11. The van der Waals surface area contributed by atoms with Crippen LogP contribution in [0.4, 0.5) is 15.0 Å². The molecule has 0 bridgehead atoms. The molecule has 3 rings (SSSR count). The number of ether oxygens (including phenoxy) is 2. The molecule has 0 atom stereocenters. The van der Waals surface area contributed by atoms with Crippen molar-refractivity contribution < 1.29 is 28.9 Å². The van der Waals surface area contributed by atoms with Crippen molar-refractivity contribution in [3.8, 4) is 16.9 Å². The SMILES string of the molecule is CN(Cc1ccccc1-c1cnc(N)c(OCc2cc(F)ccc2C(O)O)c1)C(=O)OC(C)(C)C. The molecule has 0 saturated carbocycles. The number of aliphatic hydroxyl groups is 2. The Balaban J connectivity index is 1.84. The smallest absolute Gasteiger partial charge is 0.410 e. The first kappa shape index (κ1) is 25.9. The van der Waals surface area contributed by atoms with Crippen LogP contribution >= 0.6 is 0 Å². The number of anilines is 1. The van der Waals surface area contributed by atoms with Crippen LogP contribution in [0.1, 0.15) is 43.8 Å². The van der Waals surface area contributed by atoms with Crippen LogP contribution in [0.5, 0.6) is 5.75 Å². The number of halogens is 1. The lowest BCUT2D eigenvalue weighted by Gasteiger charge is -2.25. The predicted molar refractivity (Wildman–Crippen MR) is 130 cm³/mol. The van der Waals surface area contributed by atoms with Crippen molar-refractivity contribution in [2.45, 2.75) is 45.8 Å². The number of rotatable bonds is 7. The molecule has 186 valence electrons. The van der Waals surface area contributed by atoms with Gasteiger partial charge < -0.3 is 30.3 Å². The highest BCUT2D eigenvalue weighted by Crippen LogP contribution is 2.31. The average molecular weight is 484 g/mol. The number of benzene rings is 2. The summed E-state index contributed by atoms with van der Waals surface area (Å²) in [6, 6.07) is 12.8. The summed E-state index contributed by atoms with van der Waals surface area (Å²) in [6.07, 6.45) is -0.617. The summed E-state index contributed by atoms with van der Waals surface area (Å²) in [6.45, 7) is 5.57. The molecule has 35 heavy (non-hydrogen) atoms. The number of carbonyl (C=O) groups excluding carboxylic acids is 1. The van der Waals surface area contributed by atoms with Gasteiger partial charge in [0.15, 0.2) is 17.9 Å². The van der Waals surface area contributed by atoms with E-state index in [0.717, 1.165) is 17.2 Å². The van der Waals surface area contributed by atoms with Crippen LogP contribution in [-0.4, -0.2) is 38.8 Å². The Morgan fingerprint density at radius 1 is 1.14 bits per heavy atom. The van der Waals surface area contributed by atoms with Gasteiger partial charge in [-0.05, 0) is 50.1 Å². The maximum absolute atomic E-state index is 13.7. The van der Waals surface area contributed by atoms with Gasteiger partial charge in [0.25, 0.3) is 0 Å². The Bertz CT molecular complexity index is 1190. The third kappa shape index (κ3) is 6.91. The van der Waals surface area contributed by atoms with Crippen molar-refractivity contribution in [3.63, 3.8) is 0 Å². The Kier molecular flexibility index (Phi) is 7.93. The van der Waals surface area contributed by atoms with E-state index >= 15 is 0 Å². The van der Waals surface area contributed by atoms with Crippen LogP contribution in [-0.2, 0) is 17.9 Å². The first-order valence-corrected chi connectivity index (χ1v) is 11.0. The Morgan fingerprint density at radius 2 is 1.86 bits per heavy atom. The molecule has 0 unspecified atom stereocenters. The molecule has 1 amide bonds. The van der Waals surface area contributed by atoms with Crippen LogP contribution < -0.4 is 10.5 Å². The lowest BCUT2D eigenvalue weighted by atomic mass is 10.0. The van der Waals surface area contributed by atoms with Gasteiger partial charge in [-0.25, -0.2) is 14.2 Å². The third-order valence-electron chi connectivity index (χ3n) is 5.09. The van der Waals surface area contributed by atoms with Crippen LogP contribution in [0.2, 0.25) is 0 Å². The van der Waals surface area contributed by atoms with Gasteiger partial charge in [0.2, 0.25) is 0 Å². The number of carbonyl (C=O) groups is 1. The summed E-state index contributed by atoms with van der Waals surface area (Å²) in [7, 11) is 1.66. The molecular weight excluding hydrogens is 453 g/mol. The van der Waals surface area contributed by atoms with E-state index in [1.165, 1.54) is 17.0 Å². The van der Waals surface area contributed by atoms with E-state index in [9.17, 15) is 19.4 Å². The zero-order valence-electron chi connectivity index (χ0n) is 20.2. The molecular formula is C26H30FN3O5. The van der Waals surface area contributed by atoms with Gasteiger partial charge in [0.1, 0.15) is 18.0 Å². The van der Waals surface area contributed by atoms with E-state index in [4.69, 9.17) is 15.2 Å². The minimum absolute atomic E-state index is 0.125. The largest absolute Gasteiger partial charge is 0.485 e. The van der Waals surface area contributed by atoms with E-state index < -0.39 is 23.8 Å². The van der Waals surface area contributed by atoms with Crippen molar-refractivity contribution in [1.82, 2.24) is 9.88 Å². The van der Waals surface area contributed by atoms with Crippen molar-refractivity contribution >= 4 is 11.9 Å². The summed E-state index contributed by atoms with van der Waals surface area (Å²) in [5.74, 6) is -0.157. The van der Waals surface area contributed by atoms with Crippen molar-refractivity contribution in [1.29, 1.82) is 0 Å². The first-order chi connectivity index (χ1) is 16.4. The van der Waals surface area contributed by atoms with E-state index in [0.29, 0.717) is 12.1 Å². The molecule has 0 aliphatic heterocycles. The standard InChI is InChI=1S/C26H30FN3O5/c1-26(2,3)35-25(33)30(4)14-16-7-5-6-8-20(16)17-12-22(23(28)29-13-17)34-15-18-11-19(27)9-10-21(18)24(31)32/h5-13,24,31-32H,14-15H2,1-4H3,(H2,28,29). The summed E-state index contributed by atoms with van der Waals surface area (Å²) in [4.78, 5) is 18.1. The van der Waals surface area contributed by atoms with E-state index in [2.05, 4.69) is 4.98 Å². The lowest BCUT2D eigenvalue weighted by molar-refractivity contribution is -0.0436. The van der Waals surface area contributed by atoms with Gasteiger partial charge >= 0.3 is 6.09 Å². The van der Waals surface area contributed by atoms with Crippen molar-refractivity contribution in [2.24, 2.45) is 0 Å². The minimum Gasteiger partial charge on any atom is -0.485 e. The third-order valence-corrected chi connectivity index (χ3v) is 5.09. The van der Waals surface area contributed by atoms with Gasteiger partial charge in [0, 0.05) is 36.5 Å². The molecule has 2 aromatic carbocycles. The fourth-order valence-electron chi connectivity index (χ4n) is 3.42. The number of nitrogens with two attached hydrogens (primary N) is 1. The summed E-state index contributed by atoms with van der Waals surface area (Å²) in [5.41, 5.74) is 8.16. The summed E-state index contributed by atoms with van der Waals surface area (Å²) >= 11 is 0. The van der Waals surface area contributed by atoms with Crippen LogP contribution in [0, 0.1) is 5.82 Å². The van der Waals surface area contributed by atoms with Crippen LogP contribution in [0.3, 0.4) is 0 Å². The monoisotopic (exact) mass is 483 g/mol. The van der Waals surface area contributed by atoms with E-state index in [-0.39, 0.29) is 29.3 Å². The zero-order valence-corrected chi connectivity index (χ0v) is 20.2. The molecule has 8 nitrogen and oxygen atoms in total. The van der Waals surface area contributed by atoms with Crippen LogP contribution in [0.25, 0.3) is 11.1 Å². The molecule has 1 heterocycles. The quantitative estimate of drug-likeness (QED) is 0.426. The fourth-order valence-corrected chi connectivity index (χ4v) is 3.42. The maximum atomic E-state index is 13.7. The molecule has 4 N–H and O–H groups in total. The second-order valence-corrected chi connectivity index (χ2v) is 9.11. The molecule has 0 saturated heterocycles. The molecule has 1 aromatic heterocycles. The van der Waals surface area contributed by atoms with Gasteiger partial charge in [0.05, 0.1) is 0 Å². The summed E-state index contributed by atoms with van der Waals surface area (Å²) < 4.78 is 24.9. The lowest BCUT2D eigenvalue weighted by Crippen LogP contribution is -2.33. The Morgan fingerprint density at radius 3 is 2.54 bits per heavy atom. The topological polar surface area (TPSA) is 118 Å². The number of hydrogen-bond acceptors (Lipinski definition) is 7. The molecule has 0 aliphatic carbocycles. The zero-order chi connectivity index (χ0) is 25.8. The second kappa shape index (κ2) is 10.7. The van der Waals surface area contributed by atoms with Gasteiger partial charge in [-0.3, -0.25) is 0 Å². The highest BCUT2D eigenvalue weighted by Gasteiger charge is 2.21. The number of aromatic nitrogens is 1. The normalized spacial score (nSPS) is 11.4. The number of hydrogen-bond donors (Lipinski definition) is 3. The summed E-state index contributed by atoms with van der Waals surface area (Å²) in [5, 5.41) is 19.1. The number of aliphatic hydroxyl groups excluding tert-OH is 1. The highest BCUT2D eigenvalue weighted by atomic mass is 19.1. The van der Waals surface area contributed by atoms with Crippen molar-refractivity contribution in [2.75, 3.05) is 12.8 Å². The van der Waals surface area contributed by atoms with Gasteiger partial charge in [-0.1, -0.05) is 30.3 Å². The van der Waals surface area contributed by atoms with Crippen LogP contribution in [0.15, 0.2) is 54.7 Å². The molecule has 3 aromatic rings. The van der Waals surface area contributed by atoms with Crippen molar-refractivity contribution in [3.05, 3.63) is 77.2 Å². The van der Waals surface area contributed by atoms with E-state index in [1.807, 2.05) is 45.0 Å². The minimum atomic E-state index is -1.77. The van der Waals surface area contributed by atoms with E-state index in [1.54, 1.807) is 19.3 Å². The molecule has 0 fully saturated rings. The molecule has 0 radical (unpaired) electrons. The Labute approximate surface area is 203 Å². The molecule has 0 spiro atoms. The molecule has 0 aliphatic rings. The molecule has 9 heteroatoms. The maximum Gasteiger partial charge on any atom is 0.410 e. The number of pyridine rings is 1. The predicted octanol–water partition coefficient (Wildman–Crippen LogP) is 4.40. The number of nitrogens with zero attached hydrogens (tertiary/aromatic N) is 2. The number of amides is 1. The fraction of sp³-hybridized carbons (Fsp3) is 0.308. The van der Waals surface area contributed by atoms with Gasteiger partial charge in [-0.2, -0.15) is 0 Å². The van der Waals surface area contributed by atoms with Gasteiger partial charge in [-0.15, -0.1) is 0 Å².